The maximum Gasteiger partial charge on any atom is 0.348 e. The Morgan fingerprint density at radius 3 is 1.90 bits per heavy atom. The lowest BCUT2D eigenvalue weighted by molar-refractivity contribution is -0.160. The summed E-state index contributed by atoms with van der Waals surface area (Å²) in [4.78, 5) is 20.2. The quantitative estimate of drug-likeness (QED) is 0.565. The lowest BCUT2D eigenvalue weighted by Crippen LogP contribution is -2.50. The number of aliphatic carboxylic acids is 1. The van der Waals surface area contributed by atoms with Gasteiger partial charge in [0.15, 0.2) is 5.60 Å². The average molecular weight is 419 g/mol. The molecule has 1 N–H and O–H groups in total. The molecule has 1 heterocycles. The fourth-order valence-corrected chi connectivity index (χ4v) is 2.97. The molecule has 0 unspecified atom stereocenters. The minimum absolute atomic E-state index is 0.0635. The van der Waals surface area contributed by atoms with Crippen LogP contribution in [0.3, 0.4) is 0 Å². The first-order valence-corrected chi connectivity index (χ1v) is 8.46. The normalized spacial score (nSPS) is 17.8. The summed E-state index contributed by atoms with van der Waals surface area (Å²) in [5, 5.41) is 10.3. The van der Waals surface area contributed by atoms with Crippen LogP contribution in [0.15, 0.2) is 66.7 Å². The Kier molecular flexibility index (Phi) is 3.74. The van der Waals surface area contributed by atoms with Gasteiger partial charge in [-0.15, -0.1) is 0 Å². The molecule has 0 fully saturated rings. The Labute approximate surface area is 186 Å². The highest BCUT2D eigenvalue weighted by atomic mass is 16.6. The Bertz CT molecular complexity index is 1200. The highest BCUT2D eigenvalue weighted by Gasteiger charge is 2.49. The van der Waals surface area contributed by atoms with Crippen LogP contribution in [0.1, 0.15) is 23.5 Å². The molecule has 0 radical (unpaired) electrons. The van der Waals surface area contributed by atoms with Crippen molar-refractivity contribution in [2.75, 3.05) is 21.1 Å². The largest absolute Gasteiger partial charge is 0.481 e. The molecule has 0 bridgehead atoms. The van der Waals surface area contributed by atoms with Gasteiger partial charge < -0.3 is 24.1 Å². The first kappa shape index (κ1) is 12.1. The van der Waals surface area contributed by atoms with Gasteiger partial charge in [0.25, 0.3) is 0 Å². The third-order valence-electron chi connectivity index (χ3n) is 4.25. The van der Waals surface area contributed by atoms with Crippen LogP contribution in [0.2, 0.25) is 0 Å². The maximum atomic E-state index is 12.7. The van der Waals surface area contributed by atoms with Gasteiger partial charge in [0, 0.05) is 7.04 Å². The van der Waals surface area contributed by atoms with E-state index < -0.39 is 56.6 Å². The standard InChI is InChI=1S/C22H22N2O6/c1-27-17-14-18(28-2)24-21(23-17)30-19(20(25)26)22(29-3,15-10-6-4-7-11-15)16-12-8-5-9-13-16/h4-14,19H,1-3H3,(H,25,26)/t19-/m1/s1/i1D3,2D3,3D3. The zero-order valence-electron chi connectivity index (χ0n) is 24.3. The Hall–Kier alpha value is -3.65. The summed E-state index contributed by atoms with van der Waals surface area (Å²) in [6.07, 6.45) is -2.23. The van der Waals surface area contributed by atoms with Crippen LogP contribution < -0.4 is 14.2 Å². The highest BCUT2D eigenvalue weighted by Crippen LogP contribution is 2.38. The zero-order chi connectivity index (χ0) is 29.1. The smallest absolute Gasteiger partial charge is 0.348 e. The molecule has 0 aliphatic carbocycles. The van der Waals surface area contributed by atoms with E-state index in [-0.39, 0.29) is 11.1 Å². The van der Waals surface area contributed by atoms with Crippen LogP contribution in [-0.4, -0.2) is 48.3 Å². The van der Waals surface area contributed by atoms with E-state index in [4.69, 9.17) is 31.3 Å². The molecule has 3 rings (SSSR count). The van der Waals surface area contributed by atoms with E-state index >= 15 is 0 Å². The van der Waals surface area contributed by atoms with Gasteiger partial charge in [0.05, 0.1) is 32.5 Å². The van der Waals surface area contributed by atoms with Crippen molar-refractivity contribution in [2.45, 2.75) is 11.7 Å². The zero-order valence-corrected chi connectivity index (χ0v) is 15.3. The predicted molar refractivity (Wildman–Crippen MR) is 108 cm³/mol. The fourth-order valence-electron chi connectivity index (χ4n) is 2.97. The maximum absolute atomic E-state index is 12.7. The molecule has 1 aromatic heterocycles. The molecule has 8 nitrogen and oxygen atoms in total. The number of carbonyl (C=O) groups is 1. The summed E-state index contributed by atoms with van der Waals surface area (Å²) in [6.45, 7) is 0. The van der Waals surface area contributed by atoms with E-state index in [1.54, 1.807) is 12.1 Å². The van der Waals surface area contributed by atoms with E-state index in [9.17, 15) is 9.90 Å². The summed E-state index contributed by atoms with van der Waals surface area (Å²) in [5.74, 6) is -3.19. The molecule has 1 atom stereocenters. The lowest BCUT2D eigenvalue weighted by atomic mass is 9.81. The Morgan fingerprint density at radius 2 is 1.47 bits per heavy atom. The van der Waals surface area contributed by atoms with Crippen LogP contribution in [0.4, 0.5) is 0 Å². The molecule has 0 aliphatic rings. The number of ether oxygens (including phenoxy) is 4. The lowest BCUT2D eigenvalue weighted by Gasteiger charge is -2.37. The van der Waals surface area contributed by atoms with E-state index in [0.29, 0.717) is 0 Å². The number of methoxy groups -OCH3 is 3. The van der Waals surface area contributed by atoms with Crippen LogP contribution in [0, 0.1) is 0 Å². The van der Waals surface area contributed by atoms with Crippen LogP contribution in [0.25, 0.3) is 0 Å². The first-order chi connectivity index (χ1) is 18.0. The molecule has 2 aromatic carbocycles. The third kappa shape index (κ3) is 4.04. The number of benzene rings is 2. The number of rotatable bonds is 9. The second kappa shape index (κ2) is 9.23. The first-order valence-electron chi connectivity index (χ1n) is 13.0. The molecule has 30 heavy (non-hydrogen) atoms. The molecule has 156 valence electrons. The van der Waals surface area contributed by atoms with Gasteiger partial charge in [0.2, 0.25) is 17.9 Å². The number of aromatic nitrogens is 2. The number of carboxylic acid groups (broad SMARTS) is 1. The fraction of sp³-hybridized carbons (Fsp3) is 0.227. The number of hydrogen-bond donors (Lipinski definition) is 1. The molecule has 8 heteroatoms. The number of carboxylic acids is 1. The van der Waals surface area contributed by atoms with Crippen molar-refractivity contribution in [3.63, 3.8) is 0 Å². The van der Waals surface area contributed by atoms with Gasteiger partial charge in [-0.1, -0.05) is 60.7 Å². The Morgan fingerprint density at radius 1 is 0.933 bits per heavy atom. The third-order valence-corrected chi connectivity index (χ3v) is 4.25. The van der Waals surface area contributed by atoms with Crippen molar-refractivity contribution in [1.29, 1.82) is 0 Å². The van der Waals surface area contributed by atoms with E-state index in [1.807, 2.05) is 0 Å². The molecular weight excluding hydrogens is 388 g/mol. The van der Waals surface area contributed by atoms with Gasteiger partial charge in [-0.25, -0.2) is 4.79 Å². The average Bonchev–Trinajstić information content (AvgIpc) is 2.79. The van der Waals surface area contributed by atoms with E-state index in [0.717, 1.165) is 6.07 Å². The topological polar surface area (TPSA) is 100 Å². The minimum Gasteiger partial charge on any atom is -0.481 e. The van der Waals surface area contributed by atoms with Crippen LogP contribution >= 0.6 is 0 Å². The van der Waals surface area contributed by atoms with Crippen molar-refractivity contribution >= 4 is 5.97 Å². The monoisotopic (exact) mass is 419 g/mol. The molecule has 0 saturated carbocycles. The van der Waals surface area contributed by atoms with E-state index in [2.05, 4.69) is 9.97 Å². The molecule has 3 aromatic rings. The molecule has 0 spiro atoms. The van der Waals surface area contributed by atoms with Gasteiger partial charge >= 0.3 is 12.0 Å². The molecular formula is C22H22N2O6. The minimum atomic E-state index is -3.16. The molecule has 0 amide bonds. The van der Waals surface area contributed by atoms with Gasteiger partial charge in [0.1, 0.15) is 0 Å². The summed E-state index contributed by atoms with van der Waals surface area (Å²) in [7, 11) is -9.25. The van der Waals surface area contributed by atoms with Crippen molar-refractivity contribution in [3.8, 4) is 17.8 Å². The SMILES string of the molecule is [2H]C([2H])([2H])Oc1cc(OC([2H])([2H])[2H])nc(O[C@H](C(=O)O)C(OC([2H])([2H])[2H])(c2ccccc2)c2ccccc2)n1. The predicted octanol–water partition coefficient (Wildman–Crippen LogP) is 2.92. The van der Waals surface area contributed by atoms with Crippen molar-refractivity contribution < 1.29 is 41.2 Å². The van der Waals surface area contributed by atoms with Gasteiger partial charge in [-0.3, -0.25) is 0 Å². The van der Waals surface area contributed by atoms with Crippen LogP contribution in [-0.2, 0) is 15.1 Å². The van der Waals surface area contributed by atoms with Crippen LogP contribution in [0.5, 0.6) is 17.8 Å². The second-order valence-corrected chi connectivity index (χ2v) is 5.94. The molecule has 0 aliphatic heterocycles. The van der Waals surface area contributed by atoms with Gasteiger partial charge in [-0.05, 0) is 11.1 Å². The summed E-state index contributed by atoms with van der Waals surface area (Å²) < 4.78 is 87.8. The van der Waals surface area contributed by atoms with Crippen molar-refractivity contribution in [2.24, 2.45) is 0 Å². The Balaban J connectivity index is 2.26. The second-order valence-electron chi connectivity index (χ2n) is 5.94. The summed E-state index contributed by atoms with van der Waals surface area (Å²) >= 11 is 0. The van der Waals surface area contributed by atoms with Gasteiger partial charge in [-0.2, -0.15) is 9.97 Å². The van der Waals surface area contributed by atoms with E-state index in [1.165, 1.54) is 48.5 Å². The van der Waals surface area contributed by atoms with Crippen molar-refractivity contribution in [3.05, 3.63) is 77.9 Å². The van der Waals surface area contributed by atoms with Crippen molar-refractivity contribution in [1.82, 2.24) is 9.97 Å². The highest BCUT2D eigenvalue weighted by molar-refractivity contribution is 5.76. The summed E-state index contributed by atoms with van der Waals surface area (Å²) in [5.41, 5.74) is -2.23. The summed E-state index contributed by atoms with van der Waals surface area (Å²) in [6, 6.07) is 14.9. The number of hydrogen-bond acceptors (Lipinski definition) is 7. The number of nitrogens with zero attached hydrogens (tertiary/aromatic N) is 2. The molecule has 0 saturated heterocycles.